The smallest absolute Gasteiger partial charge is 0.239 e. The Kier molecular flexibility index (Phi) is 22.0. The number of likely N-dealkylation sites (tertiary alicyclic amines) is 1. The number of unbranched alkanes of at least 4 members (excludes halogenated alkanes) is 17. The van der Waals surface area contributed by atoms with Gasteiger partial charge in [0.2, 0.25) is 17.7 Å². The van der Waals surface area contributed by atoms with Crippen molar-refractivity contribution in [1.29, 1.82) is 0 Å². The fourth-order valence-corrected chi connectivity index (χ4v) is 5.22. The maximum Gasteiger partial charge on any atom is 0.239 e. The first kappa shape index (κ1) is 34.3. The number of rotatable bonds is 25. The lowest BCUT2D eigenvalue weighted by Gasteiger charge is -2.13. The van der Waals surface area contributed by atoms with Crippen LogP contribution in [0.4, 0.5) is 0 Å². The zero-order valence-electron chi connectivity index (χ0n) is 25.0. The molecule has 0 N–H and O–H groups in total. The topological polar surface area (TPSA) is 54.5 Å². The SMILES string of the molecule is CCCCCCCC/C=C\CCC1CC(=O)N(C(=O)CCCCCCC/C=C/CCCCCCCC)C1=O. The number of carbonyl (C=O) groups is 3. The number of amides is 3. The number of allylic oxidation sites excluding steroid dienone is 4. The van der Waals surface area contributed by atoms with Crippen LogP contribution < -0.4 is 0 Å². The van der Waals surface area contributed by atoms with Gasteiger partial charge in [0.25, 0.3) is 0 Å². The lowest BCUT2D eigenvalue weighted by atomic mass is 10.0. The Labute approximate surface area is 235 Å². The largest absolute Gasteiger partial charge is 0.274 e. The van der Waals surface area contributed by atoms with Gasteiger partial charge in [0.1, 0.15) is 0 Å². The van der Waals surface area contributed by atoms with Crippen LogP contribution in [0.5, 0.6) is 0 Å². The molecule has 0 aromatic heterocycles. The molecular formula is C34H59NO3. The van der Waals surface area contributed by atoms with Crippen LogP contribution in [0, 0.1) is 5.92 Å². The number of nitrogens with zero attached hydrogens (tertiary/aromatic N) is 1. The van der Waals surface area contributed by atoms with Crippen molar-refractivity contribution in [3.63, 3.8) is 0 Å². The van der Waals surface area contributed by atoms with Gasteiger partial charge in [-0.1, -0.05) is 122 Å². The van der Waals surface area contributed by atoms with Crippen LogP contribution in [0.2, 0.25) is 0 Å². The first-order chi connectivity index (χ1) is 18.6. The summed E-state index contributed by atoms with van der Waals surface area (Å²) < 4.78 is 0. The lowest BCUT2D eigenvalue weighted by molar-refractivity contribution is -0.150. The molecule has 4 heteroatoms. The molecule has 218 valence electrons. The summed E-state index contributed by atoms with van der Waals surface area (Å²) in [6.07, 6.45) is 35.5. The number of carbonyl (C=O) groups excluding carboxylic acids is 3. The minimum Gasteiger partial charge on any atom is -0.274 e. The van der Waals surface area contributed by atoms with Gasteiger partial charge >= 0.3 is 0 Å². The van der Waals surface area contributed by atoms with E-state index in [1.165, 1.54) is 96.3 Å². The van der Waals surface area contributed by atoms with E-state index in [0.29, 0.717) is 12.8 Å². The van der Waals surface area contributed by atoms with E-state index in [1.807, 2.05) is 0 Å². The molecule has 1 aliphatic heterocycles. The minimum atomic E-state index is -0.320. The molecule has 0 saturated carbocycles. The molecule has 0 aromatic rings. The molecule has 0 aromatic carbocycles. The second kappa shape index (κ2) is 24.3. The average Bonchev–Trinajstić information content (AvgIpc) is 3.19. The fourth-order valence-electron chi connectivity index (χ4n) is 5.22. The van der Waals surface area contributed by atoms with Gasteiger partial charge in [0, 0.05) is 18.8 Å². The van der Waals surface area contributed by atoms with Crippen LogP contribution >= 0.6 is 0 Å². The van der Waals surface area contributed by atoms with E-state index in [9.17, 15) is 14.4 Å². The van der Waals surface area contributed by atoms with Crippen molar-refractivity contribution in [2.24, 2.45) is 5.92 Å². The molecule has 38 heavy (non-hydrogen) atoms. The first-order valence-corrected chi connectivity index (χ1v) is 16.3. The third kappa shape index (κ3) is 17.0. The van der Waals surface area contributed by atoms with Crippen molar-refractivity contribution in [2.75, 3.05) is 0 Å². The van der Waals surface area contributed by atoms with Gasteiger partial charge in [-0.15, -0.1) is 0 Å². The Morgan fingerprint density at radius 1 is 0.632 bits per heavy atom. The second-order valence-electron chi connectivity index (χ2n) is 11.3. The third-order valence-electron chi connectivity index (χ3n) is 7.71. The summed E-state index contributed by atoms with van der Waals surface area (Å²) in [5, 5.41) is 0. The van der Waals surface area contributed by atoms with E-state index < -0.39 is 0 Å². The Balaban J connectivity index is 2.05. The second-order valence-corrected chi connectivity index (χ2v) is 11.3. The van der Waals surface area contributed by atoms with Crippen molar-refractivity contribution < 1.29 is 14.4 Å². The molecule has 4 nitrogen and oxygen atoms in total. The van der Waals surface area contributed by atoms with E-state index in [2.05, 4.69) is 38.2 Å². The zero-order chi connectivity index (χ0) is 27.7. The minimum absolute atomic E-state index is 0.197. The maximum atomic E-state index is 12.7. The van der Waals surface area contributed by atoms with Gasteiger partial charge in [-0.25, -0.2) is 4.90 Å². The Morgan fingerprint density at radius 3 is 1.55 bits per heavy atom. The number of hydrogen-bond acceptors (Lipinski definition) is 3. The summed E-state index contributed by atoms with van der Waals surface area (Å²) in [6.45, 7) is 4.49. The van der Waals surface area contributed by atoms with Crippen molar-refractivity contribution in [3.8, 4) is 0 Å². The Bertz CT molecular complexity index is 681. The van der Waals surface area contributed by atoms with Crippen LogP contribution in [-0.2, 0) is 14.4 Å². The Hall–Kier alpha value is -1.71. The Morgan fingerprint density at radius 2 is 1.05 bits per heavy atom. The van der Waals surface area contributed by atoms with Crippen LogP contribution in [0.1, 0.15) is 168 Å². The van der Waals surface area contributed by atoms with Crippen LogP contribution in [0.3, 0.4) is 0 Å². The highest BCUT2D eigenvalue weighted by molar-refractivity contribution is 6.15. The van der Waals surface area contributed by atoms with Gasteiger partial charge in [-0.3, -0.25) is 14.4 Å². The van der Waals surface area contributed by atoms with E-state index in [-0.39, 0.29) is 30.1 Å². The molecule has 1 rings (SSSR count). The van der Waals surface area contributed by atoms with Gasteiger partial charge in [-0.05, 0) is 57.8 Å². The van der Waals surface area contributed by atoms with Crippen molar-refractivity contribution in [3.05, 3.63) is 24.3 Å². The first-order valence-electron chi connectivity index (χ1n) is 16.3. The van der Waals surface area contributed by atoms with Crippen molar-refractivity contribution >= 4 is 17.7 Å². The highest BCUT2D eigenvalue weighted by Gasteiger charge is 2.41. The summed E-state index contributed by atoms with van der Waals surface area (Å²) >= 11 is 0. The van der Waals surface area contributed by atoms with Crippen molar-refractivity contribution in [2.45, 2.75) is 168 Å². The highest BCUT2D eigenvalue weighted by atomic mass is 16.2. The molecule has 0 radical (unpaired) electrons. The number of hydrogen-bond donors (Lipinski definition) is 0. The molecule has 1 fully saturated rings. The zero-order valence-corrected chi connectivity index (χ0v) is 25.0. The normalized spacial score (nSPS) is 16.1. The molecule has 1 atom stereocenters. The molecule has 0 aliphatic carbocycles. The van der Waals surface area contributed by atoms with E-state index in [1.54, 1.807) is 0 Å². The summed E-state index contributed by atoms with van der Waals surface area (Å²) in [6, 6.07) is 0. The van der Waals surface area contributed by atoms with Crippen LogP contribution in [0.25, 0.3) is 0 Å². The molecule has 0 spiro atoms. The predicted octanol–water partition coefficient (Wildman–Crippen LogP) is 10.0. The fraction of sp³-hybridized carbons (Fsp3) is 0.794. The summed E-state index contributed by atoms with van der Waals surface area (Å²) in [4.78, 5) is 38.5. The summed E-state index contributed by atoms with van der Waals surface area (Å²) in [5.41, 5.74) is 0. The van der Waals surface area contributed by atoms with Gasteiger partial charge < -0.3 is 0 Å². The van der Waals surface area contributed by atoms with E-state index in [0.717, 1.165) is 43.4 Å². The molecule has 1 saturated heterocycles. The summed E-state index contributed by atoms with van der Waals surface area (Å²) in [7, 11) is 0. The molecule has 1 unspecified atom stereocenters. The average molecular weight is 530 g/mol. The van der Waals surface area contributed by atoms with Gasteiger partial charge in [-0.2, -0.15) is 0 Å². The third-order valence-corrected chi connectivity index (χ3v) is 7.71. The predicted molar refractivity (Wildman–Crippen MR) is 161 cm³/mol. The molecule has 1 heterocycles. The van der Waals surface area contributed by atoms with Crippen molar-refractivity contribution in [1.82, 2.24) is 4.90 Å². The standard InChI is InChI=1S/C34H59NO3/c1-3-5-7-9-11-13-15-16-17-18-19-21-23-25-27-29-32(36)35-33(37)30-31(34(35)38)28-26-24-22-20-14-12-10-8-6-4-2/h16-17,22,24,31H,3-15,18-21,23,25-30H2,1-2H3/b17-16+,24-22-. The molecule has 0 bridgehead atoms. The number of imide groups is 3. The maximum absolute atomic E-state index is 12.7. The highest BCUT2D eigenvalue weighted by Crippen LogP contribution is 2.25. The quantitative estimate of drug-likeness (QED) is 0.0671. The monoisotopic (exact) mass is 529 g/mol. The lowest BCUT2D eigenvalue weighted by Crippen LogP contribution is -2.36. The molecule has 1 aliphatic rings. The van der Waals surface area contributed by atoms with Gasteiger partial charge in [0.15, 0.2) is 0 Å². The molecular weight excluding hydrogens is 470 g/mol. The molecule has 3 amide bonds. The van der Waals surface area contributed by atoms with E-state index in [4.69, 9.17) is 0 Å². The summed E-state index contributed by atoms with van der Waals surface area (Å²) in [5.74, 6) is -1.18. The van der Waals surface area contributed by atoms with Crippen LogP contribution in [0.15, 0.2) is 24.3 Å². The van der Waals surface area contributed by atoms with Crippen LogP contribution in [-0.4, -0.2) is 22.6 Å². The van der Waals surface area contributed by atoms with Gasteiger partial charge in [0.05, 0.1) is 0 Å². The van der Waals surface area contributed by atoms with E-state index >= 15 is 0 Å².